The summed E-state index contributed by atoms with van der Waals surface area (Å²) in [7, 11) is 3.01. The van der Waals surface area contributed by atoms with Gasteiger partial charge in [0.05, 0.1) is 33.3 Å². The van der Waals surface area contributed by atoms with E-state index in [1.807, 2.05) is 25.1 Å². The van der Waals surface area contributed by atoms with Crippen molar-refractivity contribution in [3.05, 3.63) is 23.8 Å². The smallest absolute Gasteiger partial charge is 0.310 e. The van der Waals surface area contributed by atoms with Gasteiger partial charge in [0.25, 0.3) is 0 Å². The average Bonchev–Trinajstić information content (AvgIpc) is 3.10. The van der Waals surface area contributed by atoms with Crippen LogP contribution in [-0.4, -0.2) is 69.0 Å². The van der Waals surface area contributed by atoms with E-state index in [0.29, 0.717) is 24.6 Å². The molecule has 0 aromatic heterocycles. The van der Waals surface area contributed by atoms with Gasteiger partial charge < -0.3 is 29.5 Å². The topological polar surface area (TPSA) is 92.6 Å². The number of aliphatic hydroxyl groups excluding tert-OH is 1. The molecule has 1 aliphatic heterocycles. The van der Waals surface area contributed by atoms with Crippen molar-refractivity contribution < 1.29 is 24.1 Å². The molecule has 0 bridgehead atoms. The second-order valence-corrected chi connectivity index (χ2v) is 6.74. The summed E-state index contributed by atoms with van der Waals surface area (Å²) in [5, 5.41) is 12.2. The van der Waals surface area contributed by atoms with E-state index in [0.717, 1.165) is 24.6 Å². The van der Waals surface area contributed by atoms with Crippen LogP contribution in [0, 0.1) is 11.8 Å². The van der Waals surface area contributed by atoms with Gasteiger partial charge in [-0.3, -0.25) is 4.79 Å². The number of methoxy groups -OCH3 is 2. The number of aliphatic imine (C=N–C) groups is 1. The van der Waals surface area contributed by atoms with Crippen LogP contribution in [-0.2, 0) is 16.1 Å². The second-order valence-electron chi connectivity index (χ2n) is 6.74. The lowest BCUT2D eigenvalue weighted by molar-refractivity contribution is -0.145. The van der Waals surface area contributed by atoms with E-state index < -0.39 is 0 Å². The number of rotatable bonds is 8. The van der Waals surface area contributed by atoms with Crippen molar-refractivity contribution in [1.82, 2.24) is 10.2 Å². The van der Waals surface area contributed by atoms with Crippen molar-refractivity contribution in [2.24, 2.45) is 16.8 Å². The normalized spacial score (nSPS) is 19.5. The molecule has 0 spiro atoms. The van der Waals surface area contributed by atoms with Gasteiger partial charge in [0.2, 0.25) is 0 Å². The van der Waals surface area contributed by atoms with Crippen LogP contribution in [0.4, 0.5) is 0 Å². The number of esters is 1. The first-order chi connectivity index (χ1) is 13.5. The molecule has 2 unspecified atom stereocenters. The predicted molar refractivity (Wildman–Crippen MR) is 107 cm³/mol. The Balaban J connectivity index is 2.11. The van der Waals surface area contributed by atoms with Gasteiger partial charge in [0.1, 0.15) is 6.61 Å². The van der Waals surface area contributed by atoms with Crippen LogP contribution in [0.3, 0.4) is 0 Å². The van der Waals surface area contributed by atoms with Gasteiger partial charge in [-0.25, -0.2) is 4.99 Å². The Bertz CT molecular complexity index is 680. The van der Waals surface area contributed by atoms with Gasteiger partial charge >= 0.3 is 5.97 Å². The lowest BCUT2D eigenvalue weighted by Gasteiger charge is -2.21. The van der Waals surface area contributed by atoms with Crippen molar-refractivity contribution >= 4 is 11.9 Å². The monoisotopic (exact) mass is 393 g/mol. The number of nitrogens with zero attached hydrogens (tertiary/aromatic N) is 2. The number of carbonyl (C=O) groups excluding carboxylic acids is 1. The number of benzene rings is 1. The molecule has 0 radical (unpaired) electrons. The molecule has 1 saturated heterocycles. The van der Waals surface area contributed by atoms with Gasteiger partial charge in [0.15, 0.2) is 17.5 Å². The van der Waals surface area contributed by atoms with Gasteiger partial charge in [0, 0.05) is 19.6 Å². The molecule has 28 heavy (non-hydrogen) atoms. The Labute approximate surface area is 166 Å². The van der Waals surface area contributed by atoms with Crippen LogP contribution in [0.15, 0.2) is 23.2 Å². The molecular formula is C20H31N3O5. The van der Waals surface area contributed by atoms with Gasteiger partial charge in [-0.1, -0.05) is 13.0 Å². The molecule has 1 fully saturated rings. The van der Waals surface area contributed by atoms with E-state index in [2.05, 4.69) is 17.1 Å². The van der Waals surface area contributed by atoms with Crippen LogP contribution in [0.25, 0.3) is 0 Å². The third kappa shape index (κ3) is 5.51. The number of carbonyl (C=O) groups is 1. The fraction of sp³-hybridized carbons (Fsp3) is 0.600. The van der Waals surface area contributed by atoms with Crippen LogP contribution < -0.4 is 14.8 Å². The third-order valence-electron chi connectivity index (χ3n) is 4.74. The molecule has 0 amide bonds. The van der Waals surface area contributed by atoms with Crippen LogP contribution in [0.5, 0.6) is 11.5 Å². The predicted octanol–water partition coefficient (Wildman–Crippen LogP) is 1.27. The second kappa shape index (κ2) is 10.8. The third-order valence-corrected chi connectivity index (χ3v) is 4.74. The number of likely N-dealkylation sites (tertiary alicyclic amines) is 1. The zero-order valence-electron chi connectivity index (χ0n) is 17.1. The highest BCUT2D eigenvalue weighted by Crippen LogP contribution is 2.28. The Morgan fingerprint density at radius 2 is 2.11 bits per heavy atom. The fourth-order valence-electron chi connectivity index (χ4n) is 3.28. The first-order valence-electron chi connectivity index (χ1n) is 9.55. The zero-order chi connectivity index (χ0) is 20.5. The summed E-state index contributed by atoms with van der Waals surface area (Å²) in [6.45, 7) is 6.79. The minimum atomic E-state index is -0.172. The average molecular weight is 393 g/mol. The maximum absolute atomic E-state index is 12.0. The standard InChI is InChI=1S/C20H31N3O5/c1-5-21-20(23-12-14(2)16(13-23)19(25)27-4)22-11-15-6-7-17(28-9-8-24)18(10-15)26-3/h6-7,10,14,16,24H,5,8-9,11-13H2,1-4H3,(H,21,22). The Hall–Kier alpha value is -2.48. The SMILES string of the molecule is CCNC(=NCc1ccc(OCCO)c(OC)c1)N1CC(C)C(C(=O)OC)C1. The van der Waals surface area contributed by atoms with E-state index in [1.165, 1.54) is 7.11 Å². The number of aliphatic hydroxyl groups is 1. The fourth-order valence-corrected chi connectivity index (χ4v) is 3.28. The van der Waals surface area contributed by atoms with E-state index in [1.54, 1.807) is 7.11 Å². The highest BCUT2D eigenvalue weighted by atomic mass is 16.5. The minimum Gasteiger partial charge on any atom is -0.493 e. The quantitative estimate of drug-likeness (QED) is 0.390. The Morgan fingerprint density at radius 1 is 1.32 bits per heavy atom. The van der Waals surface area contributed by atoms with Gasteiger partial charge in [-0.2, -0.15) is 0 Å². The summed E-state index contributed by atoms with van der Waals surface area (Å²) in [5.74, 6) is 1.86. The largest absolute Gasteiger partial charge is 0.493 e. The van der Waals surface area contributed by atoms with E-state index in [-0.39, 0.29) is 31.0 Å². The van der Waals surface area contributed by atoms with Crippen LogP contribution in [0.2, 0.25) is 0 Å². The molecule has 2 atom stereocenters. The van der Waals surface area contributed by atoms with Crippen LogP contribution >= 0.6 is 0 Å². The summed E-state index contributed by atoms with van der Waals surface area (Å²) in [4.78, 5) is 18.8. The number of hydrogen-bond acceptors (Lipinski definition) is 6. The van der Waals surface area contributed by atoms with Crippen molar-refractivity contribution in [1.29, 1.82) is 0 Å². The maximum Gasteiger partial charge on any atom is 0.310 e. The molecule has 156 valence electrons. The van der Waals surface area contributed by atoms with Crippen molar-refractivity contribution in [2.75, 3.05) is 47.1 Å². The Morgan fingerprint density at radius 3 is 2.75 bits per heavy atom. The zero-order valence-corrected chi connectivity index (χ0v) is 17.1. The molecule has 1 heterocycles. The number of hydrogen-bond donors (Lipinski definition) is 2. The molecule has 8 heteroatoms. The Kier molecular flexibility index (Phi) is 8.38. The first kappa shape index (κ1) is 21.8. The number of ether oxygens (including phenoxy) is 3. The summed E-state index contributed by atoms with van der Waals surface area (Å²) in [5.41, 5.74) is 0.973. The molecule has 8 nitrogen and oxygen atoms in total. The molecule has 1 aromatic rings. The van der Waals surface area contributed by atoms with E-state index in [4.69, 9.17) is 24.3 Å². The first-order valence-corrected chi connectivity index (χ1v) is 9.55. The molecule has 2 rings (SSSR count). The van der Waals surface area contributed by atoms with Crippen molar-refractivity contribution in [3.63, 3.8) is 0 Å². The molecular weight excluding hydrogens is 362 g/mol. The number of guanidine groups is 1. The summed E-state index contributed by atoms with van der Waals surface area (Å²) < 4.78 is 15.7. The summed E-state index contributed by atoms with van der Waals surface area (Å²) in [6, 6.07) is 5.62. The molecule has 1 aliphatic rings. The lowest BCUT2D eigenvalue weighted by Crippen LogP contribution is -2.40. The maximum atomic E-state index is 12.0. The molecule has 1 aromatic carbocycles. The summed E-state index contributed by atoms with van der Waals surface area (Å²) in [6.07, 6.45) is 0. The summed E-state index contributed by atoms with van der Waals surface area (Å²) >= 11 is 0. The highest BCUT2D eigenvalue weighted by Gasteiger charge is 2.36. The van der Waals surface area contributed by atoms with Gasteiger partial charge in [-0.05, 0) is 30.5 Å². The van der Waals surface area contributed by atoms with Crippen LogP contribution in [0.1, 0.15) is 19.4 Å². The molecule has 2 N–H and O–H groups in total. The lowest BCUT2D eigenvalue weighted by atomic mass is 9.99. The van der Waals surface area contributed by atoms with Crippen molar-refractivity contribution in [2.45, 2.75) is 20.4 Å². The molecule has 0 aliphatic carbocycles. The minimum absolute atomic E-state index is 0.0535. The van der Waals surface area contributed by atoms with Gasteiger partial charge in [-0.15, -0.1) is 0 Å². The highest BCUT2D eigenvalue weighted by molar-refractivity contribution is 5.82. The number of nitrogens with one attached hydrogen (secondary N) is 1. The van der Waals surface area contributed by atoms with E-state index >= 15 is 0 Å². The molecule has 0 saturated carbocycles. The van der Waals surface area contributed by atoms with E-state index in [9.17, 15) is 4.79 Å². The van der Waals surface area contributed by atoms with Crippen molar-refractivity contribution in [3.8, 4) is 11.5 Å².